The number of carbonyl (C=O) groups excluding carboxylic acids is 2. The van der Waals surface area contributed by atoms with Crippen molar-refractivity contribution >= 4 is 29.1 Å². The van der Waals surface area contributed by atoms with Crippen LogP contribution in [0.1, 0.15) is 42.2 Å². The van der Waals surface area contributed by atoms with Crippen molar-refractivity contribution in [3.63, 3.8) is 0 Å². The maximum Gasteiger partial charge on any atom is 0.270 e. The molecule has 2 unspecified atom stereocenters. The molecule has 2 aromatic rings. The number of pyridine rings is 1. The van der Waals surface area contributed by atoms with Gasteiger partial charge in [0, 0.05) is 22.9 Å². The summed E-state index contributed by atoms with van der Waals surface area (Å²) in [6.45, 7) is 2.27. The van der Waals surface area contributed by atoms with E-state index in [9.17, 15) is 9.59 Å². The second kappa shape index (κ2) is 7.92. The molecular formula is C22H24ClN3O2. The lowest BCUT2D eigenvalue weighted by atomic mass is 9.58. The Labute approximate surface area is 169 Å². The first kappa shape index (κ1) is 18.9. The van der Waals surface area contributed by atoms with Crippen LogP contribution in [0.25, 0.3) is 0 Å². The Morgan fingerprint density at radius 2 is 1.93 bits per heavy atom. The van der Waals surface area contributed by atoms with Gasteiger partial charge in [-0.2, -0.15) is 0 Å². The minimum absolute atomic E-state index is 0.173. The van der Waals surface area contributed by atoms with Crippen LogP contribution in [-0.4, -0.2) is 22.8 Å². The summed E-state index contributed by atoms with van der Waals surface area (Å²) in [5.74, 6) is 1.74. The number of halogens is 1. The number of carbonyl (C=O) groups is 2. The van der Waals surface area contributed by atoms with Crippen LogP contribution in [0, 0.1) is 17.8 Å². The minimum atomic E-state index is -0.188. The summed E-state index contributed by atoms with van der Waals surface area (Å²) >= 11 is 6.11. The van der Waals surface area contributed by atoms with Gasteiger partial charge in [-0.3, -0.25) is 14.6 Å². The Morgan fingerprint density at radius 3 is 2.68 bits per heavy atom. The molecule has 1 aromatic carbocycles. The molecule has 1 aromatic heterocycles. The number of nitrogens with one attached hydrogen (secondary N) is 2. The molecule has 3 aliphatic rings. The van der Waals surface area contributed by atoms with Gasteiger partial charge in [-0.1, -0.05) is 36.7 Å². The molecule has 2 bridgehead atoms. The van der Waals surface area contributed by atoms with Crippen LogP contribution in [0.15, 0.2) is 42.6 Å². The van der Waals surface area contributed by atoms with E-state index in [0.29, 0.717) is 28.2 Å². The van der Waals surface area contributed by atoms with Crippen molar-refractivity contribution in [2.45, 2.75) is 38.6 Å². The van der Waals surface area contributed by atoms with Gasteiger partial charge in [-0.25, -0.2) is 0 Å². The first-order chi connectivity index (χ1) is 13.5. The molecule has 0 spiro atoms. The molecule has 2 atom stereocenters. The highest BCUT2D eigenvalue weighted by molar-refractivity contribution is 6.31. The highest BCUT2D eigenvalue weighted by Gasteiger charge is 2.44. The molecule has 28 heavy (non-hydrogen) atoms. The summed E-state index contributed by atoms with van der Waals surface area (Å²) in [6, 6.07) is 10.8. The molecule has 3 aliphatic carbocycles. The van der Waals surface area contributed by atoms with Gasteiger partial charge < -0.3 is 10.6 Å². The summed E-state index contributed by atoms with van der Waals surface area (Å²) in [4.78, 5) is 29.2. The van der Waals surface area contributed by atoms with E-state index in [-0.39, 0.29) is 24.3 Å². The molecule has 0 radical (unpaired) electrons. The molecule has 2 N–H and O–H groups in total. The number of amides is 2. The third kappa shape index (κ3) is 4.04. The molecule has 6 heteroatoms. The normalized spacial score (nSPS) is 25.5. The lowest BCUT2D eigenvalue weighted by molar-refractivity contribution is -0.115. The lowest BCUT2D eigenvalue weighted by Crippen LogP contribution is -2.52. The average Bonchev–Trinajstić information content (AvgIpc) is 2.62. The second-order valence-electron chi connectivity index (χ2n) is 8.03. The molecule has 0 aliphatic heterocycles. The van der Waals surface area contributed by atoms with Gasteiger partial charge in [-0.15, -0.1) is 0 Å². The van der Waals surface area contributed by atoms with Gasteiger partial charge in [-0.05, 0) is 60.8 Å². The topological polar surface area (TPSA) is 71.1 Å². The first-order valence-corrected chi connectivity index (χ1v) is 10.2. The quantitative estimate of drug-likeness (QED) is 0.798. The van der Waals surface area contributed by atoms with Gasteiger partial charge in [0.2, 0.25) is 5.91 Å². The van der Waals surface area contributed by atoms with E-state index in [1.165, 1.54) is 12.8 Å². The molecule has 146 valence electrons. The minimum Gasteiger partial charge on any atom is -0.348 e. The van der Waals surface area contributed by atoms with Crippen LogP contribution in [-0.2, 0) is 11.2 Å². The van der Waals surface area contributed by atoms with Crippen molar-refractivity contribution in [1.29, 1.82) is 0 Å². The van der Waals surface area contributed by atoms with Crippen molar-refractivity contribution in [3.8, 4) is 0 Å². The van der Waals surface area contributed by atoms with Gasteiger partial charge in [0.25, 0.3) is 5.91 Å². The Kier molecular flexibility index (Phi) is 5.36. The van der Waals surface area contributed by atoms with Gasteiger partial charge in [0.15, 0.2) is 0 Å². The second-order valence-corrected chi connectivity index (χ2v) is 8.44. The molecule has 1 heterocycles. The smallest absolute Gasteiger partial charge is 0.270 e. The summed E-state index contributed by atoms with van der Waals surface area (Å²) in [7, 11) is 0. The summed E-state index contributed by atoms with van der Waals surface area (Å²) < 4.78 is 0. The van der Waals surface area contributed by atoms with Crippen molar-refractivity contribution in [3.05, 3.63) is 58.9 Å². The average molecular weight is 398 g/mol. The molecule has 0 saturated heterocycles. The van der Waals surface area contributed by atoms with Crippen LogP contribution < -0.4 is 10.6 Å². The van der Waals surface area contributed by atoms with E-state index in [0.717, 1.165) is 17.9 Å². The third-order valence-electron chi connectivity index (χ3n) is 6.11. The summed E-state index contributed by atoms with van der Waals surface area (Å²) in [5, 5.41) is 6.53. The SMILES string of the molecule is CC1CC(NC(=O)c2cc(NC(=O)Cc3ccccc3Cl)ccn2)C2CC1C2. The maximum atomic E-state index is 12.7. The third-order valence-corrected chi connectivity index (χ3v) is 6.48. The van der Waals surface area contributed by atoms with E-state index in [1.54, 1.807) is 24.4 Å². The number of anilines is 1. The summed E-state index contributed by atoms with van der Waals surface area (Å²) in [5.41, 5.74) is 1.64. The monoisotopic (exact) mass is 397 g/mol. The molecule has 2 amide bonds. The Balaban J connectivity index is 1.38. The molecule has 3 fully saturated rings. The largest absolute Gasteiger partial charge is 0.348 e. The van der Waals surface area contributed by atoms with E-state index in [4.69, 9.17) is 11.6 Å². The fourth-order valence-electron chi connectivity index (χ4n) is 4.36. The van der Waals surface area contributed by atoms with E-state index in [2.05, 4.69) is 22.5 Å². The standard InChI is InChI=1S/C22H24ClN3O2/c1-13-8-19(16-9-15(13)10-16)26-22(28)20-12-17(6-7-24-20)25-21(27)11-14-4-2-3-5-18(14)23/h2-7,12-13,15-16,19H,8-11H2,1H3,(H,26,28)(H,24,25,27). The fourth-order valence-corrected chi connectivity index (χ4v) is 4.56. The van der Waals surface area contributed by atoms with Crippen molar-refractivity contribution in [2.75, 3.05) is 5.32 Å². The predicted octanol–water partition coefficient (Wildman–Crippen LogP) is 4.08. The van der Waals surface area contributed by atoms with Gasteiger partial charge >= 0.3 is 0 Å². The number of benzene rings is 1. The van der Waals surface area contributed by atoms with Crippen LogP contribution >= 0.6 is 11.6 Å². The Morgan fingerprint density at radius 1 is 1.14 bits per heavy atom. The number of hydrogen-bond acceptors (Lipinski definition) is 3. The zero-order valence-corrected chi connectivity index (χ0v) is 16.6. The highest BCUT2D eigenvalue weighted by Crippen LogP contribution is 2.48. The molecule has 3 saturated carbocycles. The number of rotatable bonds is 5. The molecular weight excluding hydrogens is 374 g/mol. The predicted molar refractivity (Wildman–Crippen MR) is 109 cm³/mol. The van der Waals surface area contributed by atoms with Crippen LogP contribution in [0.4, 0.5) is 5.69 Å². The van der Waals surface area contributed by atoms with Crippen LogP contribution in [0.3, 0.4) is 0 Å². The van der Waals surface area contributed by atoms with E-state index < -0.39 is 0 Å². The Hall–Kier alpha value is -2.40. The zero-order chi connectivity index (χ0) is 19.7. The van der Waals surface area contributed by atoms with Gasteiger partial charge in [0.05, 0.1) is 6.42 Å². The van der Waals surface area contributed by atoms with Crippen LogP contribution in [0.2, 0.25) is 5.02 Å². The lowest BCUT2D eigenvalue weighted by Gasteiger charge is -2.50. The van der Waals surface area contributed by atoms with E-state index in [1.807, 2.05) is 18.2 Å². The number of fused-ring (bicyclic) bond motifs is 2. The number of hydrogen-bond donors (Lipinski definition) is 2. The van der Waals surface area contributed by atoms with Crippen LogP contribution in [0.5, 0.6) is 0 Å². The number of aromatic nitrogens is 1. The molecule has 5 rings (SSSR count). The first-order valence-electron chi connectivity index (χ1n) is 9.80. The molecule has 5 nitrogen and oxygen atoms in total. The number of nitrogens with zero attached hydrogens (tertiary/aromatic N) is 1. The van der Waals surface area contributed by atoms with Gasteiger partial charge in [0.1, 0.15) is 5.69 Å². The summed E-state index contributed by atoms with van der Waals surface area (Å²) in [6.07, 6.45) is 5.19. The zero-order valence-electron chi connectivity index (χ0n) is 15.8. The highest BCUT2D eigenvalue weighted by atomic mass is 35.5. The van der Waals surface area contributed by atoms with Crippen molar-refractivity contribution in [2.24, 2.45) is 17.8 Å². The Bertz CT molecular complexity index is 895. The maximum absolute atomic E-state index is 12.7. The van der Waals surface area contributed by atoms with Crippen molar-refractivity contribution in [1.82, 2.24) is 10.3 Å². The fraction of sp³-hybridized carbons (Fsp3) is 0.409. The van der Waals surface area contributed by atoms with E-state index >= 15 is 0 Å². The van der Waals surface area contributed by atoms with Crippen molar-refractivity contribution < 1.29 is 9.59 Å².